The molecule has 21 heavy (non-hydrogen) atoms. The topological polar surface area (TPSA) is 83.5 Å². The van der Waals surface area contributed by atoms with Gasteiger partial charge in [-0.2, -0.15) is 0 Å². The Kier molecular flexibility index (Phi) is 4.40. The largest absolute Gasteiger partial charge is 0.477 e. The van der Waals surface area contributed by atoms with Crippen molar-refractivity contribution in [3.8, 4) is 0 Å². The number of benzene rings is 1. The Morgan fingerprint density at radius 1 is 1.24 bits per heavy atom. The van der Waals surface area contributed by atoms with E-state index in [4.69, 9.17) is 5.11 Å². The summed E-state index contributed by atoms with van der Waals surface area (Å²) in [5.74, 6) is -1.13. The second-order valence-electron chi connectivity index (χ2n) is 4.45. The van der Waals surface area contributed by atoms with Crippen LogP contribution in [0.2, 0.25) is 0 Å². The van der Waals surface area contributed by atoms with Crippen LogP contribution in [0.25, 0.3) is 0 Å². The van der Waals surface area contributed by atoms with Crippen LogP contribution in [-0.4, -0.2) is 19.5 Å². The van der Waals surface area contributed by atoms with Crippen LogP contribution < -0.4 is 4.72 Å². The predicted molar refractivity (Wildman–Crippen MR) is 85.7 cm³/mol. The van der Waals surface area contributed by atoms with E-state index >= 15 is 0 Å². The van der Waals surface area contributed by atoms with Gasteiger partial charge in [-0.1, -0.05) is 22.0 Å². The first-order chi connectivity index (χ1) is 9.70. The zero-order chi connectivity index (χ0) is 15.8. The predicted octanol–water partition coefficient (Wildman–Crippen LogP) is 3.63. The average Bonchev–Trinajstić information content (AvgIpc) is 2.77. The van der Waals surface area contributed by atoms with Gasteiger partial charge < -0.3 is 5.11 Å². The average molecular weight is 390 g/mol. The molecule has 0 unspecified atom stereocenters. The molecule has 0 aliphatic rings. The van der Waals surface area contributed by atoms with E-state index in [0.717, 1.165) is 21.4 Å². The maximum Gasteiger partial charge on any atom is 0.346 e. The summed E-state index contributed by atoms with van der Waals surface area (Å²) in [5.41, 5.74) is 1.65. The van der Waals surface area contributed by atoms with Gasteiger partial charge in [0.2, 0.25) is 0 Å². The van der Waals surface area contributed by atoms with Crippen molar-refractivity contribution in [2.45, 2.75) is 18.1 Å². The fourth-order valence-corrected chi connectivity index (χ4v) is 4.56. The lowest BCUT2D eigenvalue weighted by Gasteiger charge is -2.09. The molecule has 0 atom stereocenters. The number of aromatic carboxylic acids is 1. The Morgan fingerprint density at radius 3 is 2.48 bits per heavy atom. The summed E-state index contributed by atoms with van der Waals surface area (Å²) < 4.78 is 27.9. The smallest absolute Gasteiger partial charge is 0.346 e. The molecule has 0 radical (unpaired) electrons. The summed E-state index contributed by atoms with van der Waals surface area (Å²) in [6.07, 6.45) is 0. The zero-order valence-corrected chi connectivity index (χ0v) is 14.4. The van der Waals surface area contributed by atoms with Gasteiger partial charge in [0.1, 0.15) is 9.09 Å². The number of carboxylic acid groups (broad SMARTS) is 1. The molecule has 5 nitrogen and oxygen atoms in total. The Morgan fingerprint density at radius 2 is 1.90 bits per heavy atom. The van der Waals surface area contributed by atoms with Gasteiger partial charge in [0.05, 0.1) is 5.69 Å². The molecule has 2 aromatic rings. The van der Waals surface area contributed by atoms with Crippen molar-refractivity contribution in [2.75, 3.05) is 4.72 Å². The molecule has 2 rings (SSSR count). The first-order valence-electron chi connectivity index (χ1n) is 5.83. The van der Waals surface area contributed by atoms with E-state index < -0.39 is 16.0 Å². The summed E-state index contributed by atoms with van der Waals surface area (Å²) in [7, 11) is -3.80. The van der Waals surface area contributed by atoms with Crippen LogP contribution in [0.4, 0.5) is 5.69 Å². The standard InChI is InChI=1S/C13H12BrNO4S2/c1-7-3-4-9(14)6-10(7)15-21(18,19)11-5-8(2)12(20-11)13(16)17/h3-6,15H,1-2H3,(H,16,17). The lowest BCUT2D eigenvalue weighted by atomic mass is 10.2. The summed E-state index contributed by atoms with van der Waals surface area (Å²) in [6.45, 7) is 3.36. The van der Waals surface area contributed by atoms with Gasteiger partial charge in [-0.25, -0.2) is 13.2 Å². The SMILES string of the molecule is Cc1ccc(Br)cc1NS(=O)(=O)c1cc(C)c(C(=O)O)s1. The molecular formula is C13H12BrNO4S2. The van der Waals surface area contributed by atoms with Crippen LogP contribution in [0.15, 0.2) is 32.9 Å². The molecule has 0 saturated heterocycles. The summed E-state index contributed by atoms with van der Waals surface area (Å²) in [4.78, 5) is 11.0. The molecule has 0 spiro atoms. The molecule has 8 heteroatoms. The van der Waals surface area contributed by atoms with E-state index in [1.54, 1.807) is 26.0 Å². The molecular weight excluding hydrogens is 378 g/mol. The van der Waals surface area contributed by atoms with E-state index in [0.29, 0.717) is 11.3 Å². The van der Waals surface area contributed by atoms with Gasteiger partial charge in [0.25, 0.3) is 10.0 Å². The van der Waals surface area contributed by atoms with Gasteiger partial charge >= 0.3 is 5.97 Å². The first kappa shape index (κ1) is 16.0. The first-order valence-corrected chi connectivity index (χ1v) is 8.92. The normalized spacial score (nSPS) is 11.4. The number of carbonyl (C=O) groups is 1. The molecule has 0 amide bonds. The van der Waals surface area contributed by atoms with Crippen LogP contribution in [-0.2, 0) is 10.0 Å². The lowest BCUT2D eigenvalue weighted by molar-refractivity contribution is 0.0701. The minimum absolute atomic E-state index is 0.0169. The van der Waals surface area contributed by atoms with E-state index in [-0.39, 0.29) is 9.09 Å². The molecule has 0 aliphatic heterocycles. The highest BCUT2D eigenvalue weighted by atomic mass is 79.9. The van der Waals surface area contributed by atoms with Crippen molar-refractivity contribution in [3.63, 3.8) is 0 Å². The Balaban J connectivity index is 2.41. The lowest BCUT2D eigenvalue weighted by Crippen LogP contribution is -2.12. The number of hydrogen-bond donors (Lipinski definition) is 2. The van der Waals surface area contributed by atoms with Crippen LogP contribution in [0.5, 0.6) is 0 Å². The number of rotatable bonds is 4. The molecule has 1 heterocycles. The summed E-state index contributed by atoms with van der Waals surface area (Å²) in [6, 6.07) is 6.62. The third-order valence-electron chi connectivity index (χ3n) is 2.80. The second-order valence-corrected chi connectivity index (χ2v) is 8.32. The van der Waals surface area contributed by atoms with Gasteiger partial charge in [0, 0.05) is 4.47 Å². The number of anilines is 1. The van der Waals surface area contributed by atoms with E-state index in [2.05, 4.69) is 20.7 Å². The monoisotopic (exact) mass is 389 g/mol. The quantitative estimate of drug-likeness (QED) is 0.835. The van der Waals surface area contributed by atoms with Crippen molar-refractivity contribution < 1.29 is 18.3 Å². The third kappa shape index (κ3) is 3.45. The van der Waals surface area contributed by atoms with Crippen LogP contribution in [0, 0.1) is 13.8 Å². The number of aryl methyl sites for hydroxylation is 2. The van der Waals surface area contributed by atoms with E-state index in [9.17, 15) is 13.2 Å². The van der Waals surface area contributed by atoms with Gasteiger partial charge in [-0.15, -0.1) is 11.3 Å². The van der Waals surface area contributed by atoms with Crippen LogP contribution in [0.1, 0.15) is 20.8 Å². The molecule has 1 aromatic heterocycles. The van der Waals surface area contributed by atoms with Crippen molar-refractivity contribution in [2.24, 2.45) is 0 Å². The summed E-state index contributed by atoms with van der Waals surface area (Å²) >= 11 is 4.03. The number of hydrogen-bond acceptors (Lipinski definition) is 4. The molecule has 0 fully saturated rings. The van der Waals surface area contributed by atoms with Crippen molar-refractivity contribution in [1.82, 2.24) is 0 Å². The molecule has 0 bridgehead atoms. The molecule has 2 N–H and O–H groups in total. The highest BCUT2D eigenvalue weighted by Gasteiger charge is 2.22. The molecule has 1 aromatic carbocycles. The molecule has 112 valence electrons. The number of nitrogens with one attached hydrogen (secondary N) is 1. The highest BCUT2D eigenvalue weighted by molar-refractivity contribution is 9.10. The van der Waals surface area contributed by atoms with Crippen molar-refractivity contribution in [3.05, 3.63) is 44.7 Å². The number of carboxylic acids is 1. The fraction of sp³-hybridized carbons (Fsp3) is 0.154. The number of thiophene rings is 1. The van der Waals surface area contributed by atoms with Crippen LogP contribution in [0.3, 0.4) is 0 Å². The number of sulfonamides is 1. The van der Waals surface area contributed by atoms with E-state index in [1.165, 1.54) is 6.07 Å². The fourth-order valence-electron chi connectivity index (χ4n) is 1.70. The van der Waals surface area contributed by atoms with Crippen molar-refractivity contribution in [1.29, 1.82) is 0 Å². The van der Waals surface area contributed by atoms with Crippen LogP contribution >= 0.6 is 27.3 Å². The molecule has 0 saturated carbocycles. The van der Waals surface area contributed by atoms with Gasteiger partial charge in [-0.3, -0.25) is 4.72 Å². The van der Waals surface area contributed by atoms with E-state index in [1.807, 2.05) is 6.07 Å². The maximum atomic E-state index is 12.3. The molecule has 0 aliphatic carbocycles. The Hall–Kier alpha value is -1.38. The second kappa shape index (κ2) is 5.78. The van der Waals surface area contributed by atoms with Gasteiger partial charge in [0.15, 0.2) is 0 Å². The highest BCUT2D eigenvalue weighted by Crippen LogP contribution is 2.29. The summed E-state index contributed by atoms with van der Waals surface area (Å²) in [5, 5.41) is 9.00. The van der Waals surface area contributed by atoms with Crippen molar-refractivity contribution >= 4 is 48.9 Å². The number of halogens is 1. The minimum atomic E-state index is -3.80. The minimum Gasteiger partial charge on any atom is -0.477 e. The zero-order valence-electron chi connectivity index (χ0n) is 11.2. The Labute approximate surface area is 134 Å². The Bertz CT molecular complexity index is 812. The third-order valence-corrected chi connectivity index (χ3v) is 6.36. The maximum absolute atomic E-state index is 12.3. The van der Waals surface area contributed by atoms with Gasteiger partial charge in [-0.05, 0) is 43.2 Å².